The monoisotopic (exact) mass is 363 g/mol. The van der Waals surface area contributed by atoms with Crippen LogP contribution in [0.15, 0.2) is 30.6 Å². The number of fused-ring (bicyclic) bond motifs is 1. The molecule has 4 rings (SSSR count). The first-order valence-electron chi connectivity index (χ1n) is 9.30. The standard InChI is InChI=1S/C21H25N5O/c1-14-11-20(24-19-12-17(27-4)5-6-18(14)19)25-7-9-26(10-8-25)21-15(2)16(3)22-13-23-21/h5-6,11-13H,7-10H2,1-4H3. The molecule has 1 aliphatic rings. The van der Waals surface area contributed by atoms with Gasteiger partial charge in [0, 0.05) is 48.9 Å². The van der Waals surface area contributed by atoms with Crippen LogP contribution in [-0.2, 0) is 0 Å². The Labute approximate surface area is 159 Å². The van der Waals surface area contributed by atoms with E-state index in [4.69, 9.17) is 9.72 Å². The molecule has 1 aromatic carbocycles. The van der Waals surface area contributed by atoms with E-state index < -0.39 is 0 Å². The fourth-order valence-electron chi connectivity index (χ4n) is 3.65. The summed E-state index contributed by atoms with van der Waals surface area (Å²) in [6.45, 7) is 9.96. The molecule has 3 aromatic rings. The number of aromatic nitrogens is 3. The van der Waals surface area contributed by atoms with Gasteiger partial charge >= 0.3 is 0 Å². The van der Waals surface area contributed by atoms with Crippen molar-refractivity contribution >= 4 is 22.5 Å². The molecule has 0 N–H and O–H groups in total. The fraction of sp³-hybridized carbons (Fsp3) is 0.381. The van der Waals surface area contributed by atoms with Gasteiger partial charge in [-0.1, -0.05) is 0 Å². The minimum Gasteiger partial charge on any atom is -0.497 e. The smallest absolute Gasteiger partial charge is 0.135 e. The molecule has 0 unspecified atom stereocenters. The molecule has 1 aliphatic heterocycles. The van der Waals surface area contributed by atoms with Crippen LogP contribution in [0.25, 0.3) is 10.9 Å². The number of piperazine rings is 1. The Morgan fingerprint density at radius 3 is 2.41 bits per heavy atom. The van der Waals surface area contributed by atoms with E-state index in [1.807, 2.05) is 19.1 Å². The Morgan fingerprint density at radius 2 is 1.67 bits per heavy atom. The molecule has 0 amide bonds. The third-order valence-corrected chi connectivity index (χ3v) is 5.42. The number of anilines is 2. The maximum Gasteiger partial charge on any atom is 0.135 e. The average molecular weight is 363 g/mol. The van der Waals surface area contributed by atoms with Crippen molar-refractivity contribution < 1.29 is 4.74 Å². The highest BCUT2D eigenvalue weighted by atomic mass is 16.5. The second kappa shape index (κ2) is 7.02. The molecule has 0 atom stereocenters. The van der Waals surface area contributed by atoms with Crippen molar-refractivity contribution in [3.05, 3.63) is 47.4 Å². The summed E-state index contributed by atoms with van der Waals surface area (Å²) in [7, 11) is 1.69. The Hall–Kier alpha value is -2.89. The number of nitrogens with zero attached hydrogens (tertiary/aromatic N) is 5. The molecule has 3 heterocycles. The number of rotatable bonds is 3. The largest absolute Gasteiger partial charge is 0.497 e. The summed E-state index contributed by atoms with van der Waals surface area (Å²) < 4.78 is 5.36. The van der Waals surface area contributed by atoms with Gasteiger partial charge in [0.15, 0.2) is 0 Å². The molecule has 0 aliphatic carbocycles. The Morgan fingerprint density at radius 1 is 0.926 bits per heavy atom. The summed E-state index contributed by atoms with van der Waals surface area (Å²) >= 11 is 0. The van der Waals surface area contributed by atoms with E-state index in [2.05, 4.69) is 45.7 Å². The third kappa shape index (κ3) is 3.27. The van der Waals surface area contributed by atoms with Gasteiger partial charge in [-0.15, -0.1) is 0 Å². The molecule has 0 saturated carbocycles. The maximum atomic E-state index is 5.36. The van der Waals surface area contributed by atoms with E-state index in [0.29, 0.717) is 0 Å². The van der Waals surface area contributed by atoms with Crippen LogP contribution < -0.4 is 14.5 Å². The summed E-state index contributed by atoms with van der Waals surface area (Å²) in [6.07, 6.45) is 1.66. The highest BCUT2D eigenvalue weighted by molar-refractivity contribution is 5.85. The van der Waals surface area contributed by atoms with Crippen LogP contribution in [0.5, 0.6) is 5.75 Å². The van der Waals surface area contributed by atoms with Crippen molar-refractivity contribution in [2.24, 2.45) is 0 Å². The van der Waals surface area contributed by atoms with E-state index in [1.54, 1.807) is 13.4 Å². The second-order valence-electron chi connectivity index (χ2n) is 7.06. The van der Waals surface area contributed by atoms with Crippen molar-refractivity contribution in [1.82, 2.24) is 15.0 Å². The minimum absolute atomic E-state index is 0.839. The predicted molar refractivity (Wildman–Crippen MR) is 109 cm³/mol. The number of hydrogen-bond donors (Lipinski definition) is 0. The molecule has 0 spiro atoms. The quantitative estimate of drug-likeness (QED) is 0.712. The van der Waals surface area contributed by atoms with E-state index in [-0.39, 0.29) is 0 Å². The predicted octanol–water partition coefficient (Wildman–Crippen LogP) is 3.29. The maximum absolute atomic E-state index is 5.36. The van der Waals surface area contributed by atoms with Crippen molar-refractivity contribution in [3.8, 4) is 5.75 Å². The Balaban J connectivity index is 1.56. The van der Waals surface area contributed by atoms with Crippen LogP contribution in [0.4, 0.5) is 11.6 Å². The number of benzene rings is 1. The van der Waals surface area contributed by atoms with Gasteiger partial charge < -0.3 is 14.5 Å². The number of aryl methyl sites for hydroxylation is 2. The van der Waals surface area contributed by atoms with Crippen LogP contribution >= 0.6 is 0 Å². The molecule has 140 valence electrons. The Bertz CT molecular complexity index is 980. The average Bonchev–Trinajstić information content (AvgIpc) is 2.69. The summed E-state index contributed by atoms with van der Waals surface area (Å²) in [6, 6.07) is 8.26. The van der Waals surface area contributed by atoms with E-state index >= 15 is 0 Å². The fourth-order valence-corrected chi connectivity index (χ4v) is 3.65. The van der Waals surface area contributed by atoms with E-state index in [0.717, 1.165) is 60.3 Å². The lowest BCUT2D eigenvalue weighted by molar-refractivity contribution is 0.415. The summed E-state index contributed by atoms with van der Waals surface area (Å²) in [5.41, 5.74) is 4.43. The third-order valence-electron chi connectivity index (χ3n) is 5.42. The van der Waals surface area contributed by atoms with E-state index in [9.17, 15) is 0 Å². The number of methoxy groups -OCH3 is 1. The first-order valence-corrected chi connectivity index (χ1v) is 9.30. The summed E-state index contributed by atoms with van der Waals surface area (Å²) in [5, 5.41) is 1.17. The zero-order chi connectivity index (χ0) is 19.0. The van der Waals surface area contributed by atoms with Crippen molar-refractivity contribution in [3.63, 3.8) is 0 Å². The van der Waals surface area contributed by atoms with E-state index in [1.165, 1.54) is 10.9 Å². The topological polar surface area (TPSA) is 54.4 Å². The van der Waals surface area contributed by atoms with Gasteiger partial charge in [0.1, 0.15) is 23.7 Å². The lowest BCUT2D eigenvalue weighted by atomic mass is 10.1. The molecule has 0 bridgehead atoms. The minimum atomic E-state index is 0.839. The molecular formula is C21H25N5O. The van der Waals surface area contributed by atoms with Gasteiger partial charge in [0.2, 0.25) is 0 Å². The molecule has 1 fully saturated rings. The highest BCUT2D eigenvalue weighted by Crippen LogP contribution is 2.27. The zero-order valence-electron chi connectivity index (χ0n) is 16.4. The molecule has 6 heteroatoms. The summed E-state index contributed by atoms with van der Waals surface area (Å²) in [4.78, 5) is 18.4. The normalized spacial score (nSPS) is 14.7. The molecular weight excluding hydrogens is 338 g/mol. The highest BCUT2D eigenvalue weighted by Gasteiger charge is 2.21. The Kier molecular flexibility index (Phi) is 4.56. The van der Waals surface area contributed by atoms with Crippen LogP contribution in [-0.4, -0.2) is 48.2 Å². The number of pyridine rings is 1. The molecule has 2 aromatic heterocycles. The lowest BCUT2D eigenvalue weighted by Crippen LogP contribution is -2.47. The van der Waals surface area contributed by atoms with Crippen LogP contribution in [0.2, 0.25) is 0 Å². The first-order chi connectivity index (χ1) is 13.1. The summed E-state index contributed by atoms with van der Waals surface area (Å²) in [5.74, 6) is 2.92. The van der Waals surface area contributed by atoms with Gasteiger partial charge in [-0.05, 0) is 44.5 Å². The van der Waals surface area contributed by atoms with Crippen molar-refractivity contribution in [2.75, 3.05) is 43.1 Å². The van der Waals surface area contributed by atoms with Crippen LogP contribution in [0.1, 0.15) is 16.8 Å². The molecule has 27 heavy (non-hydrogen) atoms. The molecule has 6 nitrogen and oxygen atoms in total. The SMILES string of the molecule is COc1ccc2c(C)cc(N3CCN(c4ncnc(C)c4C)CC3)nc2c1. The number of hydrogen-bond acceptors (Lipinski definition) is 6. The van der Waals surface area contributed by atoms with Gasteiger partial charge in [-0.2, -0.15) is 0 Å². The van der Waals surface area contributed by atoms with Crippen LogP contribution in [0.3, 0.4) is 0 Å². The zero-order valence-corrected chi connectivity index (χ0v) is 16.4. The molecule has 1 saturated heterocycles. The second-order valence-corrected chi connectivity index (χ2v) is 7.06. The lowest BCUT2D eigenvalue weighted by Gasteiger charge is -2.37. The van der Waals surface area contributed by atoms with Gasteiger partial charge in [-0.25, -0.2) is 15.0 Å². The molecule has 0 radical (unpaired) electrons. The van der Waals surface area contributed by atoms with Gasteiger partial charge in [0.05, 0.1) is 12.6 Å². The van der Waals surface area contributed by atoms with Crippen molar-refractivity contribution in [2.45, 2.75) is 20.8 Å². The first kappa shape index (κ1) is 17.5. The number of ether oxygens (including phenoxy) is 1. The van der Waals surface area contributed by atoms with Crippen LogP contribution in [0, 0.1) is 20.8 Å². The van der Waals surface area contributed by atoms with Gasteiger partial charge in [0.25, 0.3) is 0 Å². The van der Waals surface area contributed by atoms with Gasteiger partial charge in [-0.3, -0.25) is 0 Å². The van der Waals surface area contributed by atoms with Crippen molar-refractivity contribution in [1.29, 1.82) is 0 Å².